The van der Waals surface area contributed by atoms with Gasteiger partial charge in [-0.05, 0) is 31.7 Å². The van der Waals surface area contributed by atoms with E-state index in [1.54, 1.807) is 6.08 Å². The molecule has 1 aliphatic rings. The third kappa shape index (κ3) is 5.67. The van der Waals surface area contributed by atoms with Gasteiger partial charge in [0.15, 0.2) is 0 Å². The van der Waals surface area contributed by atoms with Gasteiger partial charge in [0.05, 0.1) is 6.04 Å². The molecule has 18 heavy (non-hydrogen) atoms. The quantitative estimate of drug-likeness (QED) is 0.684. The zero-order chi connectivity index (χ0) is 13.4. The minimum absolute atomic E-state index is 0.0622. The molecule has 1 amide bonds. The van der Waals surface area contributed by atoms with Crippen LogP contribution in [0.2, 0.25) is 0 Å². The Labute approximate surface area is 111 Å². The summed E-state index contributed by atoms with van der Waals surface area (Å²) >= 11 is 0. The first-order valence-electron chi connectivity index (χ1n) is 7.25. The average Bonchev–Trinajstić information content (AvgIpc) is 2.38. The van der Waals surface area contributed by atoms with Crippen LogP contribution in [0.3, 0.4) is 0 Å². The van der Waals surface area contributed by atoms with Gasteiger partial charge < -0.3 is 10.6 Å². The number of nitrogens with one attached hydrogen (secondary N) is 2. The molecule has 3 nitrogen and oxygen atoms in total. The van der Waals surface area contributed by atoms with Crippen molar-refractivity contribution in [1.29, 1.82) is 0 Å². The lowest BCUT2D eigenvalue weighted by atomic mass is 9.81. The van der Waals surface area contributed by atoms with Gasteiger partial charge in [0.1, 0.15) is 0 Å². The molecule has 0 aliphatic heterocycles. The predicted molar refractivity (Wildman–Crippen MR) is 76.4 cm³/mol. The maximum atomic E-state index is 11.6. The summed E-state index contributed by atoms with van der Waals surface area (Å²) in [6.45, 7) is 9.35. The van der Waals surface area contributed by atoms with E-state index < -0.39 is 0 Å². The summed E-state index contributed by atoms with van der Waals surface area (Å²) in [5.74, 6) is 1.84. The molecule has 1 atom stereocenters. The molecule has 1 aliphatic carbocycles. The lowest BCUT2D eigenvalue weighted by Gasteiger charge is -2.26. The maximum Gasteiger partial charge on any atom is 0.237 e. The van der Waals surface area contributed by atoms with Crippen LogP contribution in [0.4, 0.5) is 0 Å². The summed E-state index contributed by atoms with van der Waals surface area (Å²) in [6, 6.07) is -0.104. The smallest absolute Gasteiger partial charge is 0.237 e. The fraction of sp³-hybridized carbons (Fsp3) is 0.800. The SMILES string of the molecule is C=CCNC(=O)C(C)NCCC1CCC(C)CC1. The van der Waals surface area contributed by atoms with Crippen LogP contribution in [0.15, 0.2) is 12.7 Å². The first-order valence-corrected chi connectivity index (χ1v) is 7.25. The van der Waals surface area contributed by atoms with Crippen LogP contribution in [0.25, 0.3) is 0 Å². The Hall–Kier alpha value is -0.830. The third-order valence-corrected chi connectivity index (χ3v) is 3.95. The van der Waals surface area contributed by atoms with Crippen LogP contribution < -0.4 is 10.6 Å². The number of rotatable bonds is 7. The highest BCUT2D eigenvalue weighted by Gasteiger charge is 2.18. The van der Waals surface area contributed by atoms with Crippen molar-refractivity contribution in [2.24, 2.45) is 11.8 Å². The molecular weight excluding hydrogens is 224 g/mol. The maximum absolute atomic E-state index is 11.6. The Balaban J connectivity index is 2.09. The van der Waals surface area contributed by atoms with Crippen molar-refractivity contribution in [1.82, 2.24) is 10.6 Å². The molecule has 0 aromatic carbocycles. The minimum atomic E-state index is -0.104. The highest BCUT2D eigenvalue weighted by molar-refractivity contribution is 5.81. The summed E-state index contributed by atoms with van der Waals surface area (Å²) in [5, 5.41) is 6.11. The van der Waals surface area contributed by atoms with Crippen LogP contribution >= 0.6 is 0 Å². The molecule has 3 heteroatoms. The Bertz CT molecular complexity index is 257. The van der Waals surface area contributed by atoms with Gasteiger partial charge >= 0.3 is 0 Å². The number of hydrogen-bond acceptors (Lipinski definition) is 2. The second kappa shape index (κ2) is 8.30. The fourth-order valence-corrected chi connectivity index (χ4v) is 2.54. The van der Waals surface area contributed by atoms with Gasteiger partial charge in [-0.3, -0.25) is 4.79 Å². The molecule has 0 aromatic heterocycles. The van der Waals surface area contributed by atoms with Gasteiger partial charge in [-0.2, -0.15) is 0 Å². The summed E-state index contributed by atoms with van der Waals surface area (Å²) in [6.07, 6.45) is 8.37. The van der Waals surface area contributed by atoms with Crippen LogP contribution in [-0.4, -0.2) is 25.0 Å². The molecule has 1 rings (SSSR count). The number of hydrogen-bond donors (Lipinski definition) is 2. The van der Waals surface area contributed by atoms with E-state index in [0.29, 0.717) is 6.54 Å². The van der Waals surface area contributed by atoms with E-state index in [1.807, 2.05) is 6.92 Å². The van der Waals surface area contributed by atoms with Crippen molar-refractivity contribution in [2.45, 2.75) is 52.0 Å². The molecule has 2 N–H and O–H groups in total. The Kier molecular flexibility index (Phi) is 7.02. The van der Waals surface area contributed by atoms with E-state index in [9.17, 15) is 4.79 Å². The zero-order valence-corrected chi connectivity index (χ0v) is 11.9. The number of carbonyl (C=O) groups is 1. The number of amides is 1. The van der Waals surface area contributed by atoms with E-state index >= 15 is 0 Å². The standard InChI is InChI=1S/C15H28N2O/c1-4-10-17-15(18)13(3)16-11-9-14-7-5-12(2)6-8-14/h4,12-14,16H,1,5-11H2,2-3H3,(H,17,18). The van der Waals surface area contributed by atoms with Crippen LogP contribution in [0, 0.1) is 11.8 Å². The monoisotopic (exact) mass is 252 g/mol. The van der Waals surface area contributed by atoms with Crippen LogP contribution in [0.5, 0.6) is 0 Å². The Morgan fingerprint density at radius 1 is 1.39 bits per heavy atom. The molecule has 0 bridgehead atoms. The van der Waals surface area contributed by atoms with Gasteiger partial charge in [0.2, 0.25) is 5.91 Å². The van der Waals surface area contributed by atoms with Crippen molar-refractivity contribution in [3.8, 4) is 0 Å². The molecule has 0 aromatic rings. The van der Waals surface area contributed by atoms with Gasteiger partial charge in [0, 0.05) is 6.54 Å². The molecule has 0 radical (unpaired) electrons. The Morgan fingerprint density at radius 2 is 2.06 bits per heavy atom. The molecular formula is C15H28N2O. The second-order valence-corrected chi connectivity index (χ2v) is 5.62. The Morgan fingerprint density at radius 3 is 2.67 bits per heavy atom. The number of carbonyl (C=O) groups excluding carboxylic acids is 1. The van der Waals surface area contributed by atoms with Gasteiger partial charge in [-0.25, -0.2) is 0 Å². The average molecular weight is 252 g/mol. The van der Waals surface area contributed by atoms with E-state index in [4.69, 9.17) is 0 Å². The first kappa shape index (κ1) is 15.2. The fourth-order valence-electron chi connectivity index (χ4n) is 2.54. The van der Waals surface area contributed by atoms with Gasteiger partial charge in [-0.15, -0.1) is 6.58 Å². The van der Waals surface area contributed by atoms with Crippen molar-refractivity contribution in [3.05, 3.63) is 12.7 Å². The van der Waals surface area contributed by atoms with Gasteiger partial charge in [0.25, 0.3) is 0 Å². The van der Waals surface area contributed by atoms with E-state index in [0.717, 1.165) is 18.4 Å². The largest absolute Gasteiger partial charge is 0.351 e. The summed E-state index contributed by atoms with van der Waals surface area (Å²) < 4.78 is 0. The molecule has 0 saturated heterocycles. The highest BCUT2D eigenvalue weighted by Crippen LogP contribution is 2.29. The van der Waals surface area contributed by atoms with E-state index in [1.165, 1.54) is 32.1 Å². The van der Waals surface area contributed by atoms with Crippen LogP contribution in [0.1, 0.15) is 46.0 Å². The molecule has 0 spiro atoms. The highest BCUT2D eigenvalue weighted by atomic mass is 16.2. The molecule has 1 unspecified atom stereocenters. The van der Waals surface area contributed by atoms with Crippen molar-refractivity contribution >= 4 is 5.91 Å². The summed E-state index contributed by atoms with van der Waals surface area (Å²) in [7, 11) is 0. The van der Waals surface area contributed by atoms with Crippen molar-refractivity contribution in [3.63, 3.8) is 0 Å². The lowest BCUT2D eigenvalue weighted by molar-refractivity contribution is -0.122. The minimum Gasteiger partial charge on any atom is -0.351 e. The summed E-state index contributed by atoms with van der Waals surface area (Å²) in [5.41, 5.74) is 0. The third-order valence-electron chi connectivity index (χ3n) is 3.95. The molecule has 1 saturated carbocycles. The second-order valence-electron chi connectivity index (χ2n) is 5.62. The zero-order valence-electron chi connectivity index (χ0n) is 11.9. The predicted octanol–water partition coefficient (Wildman–Crippen LogP) is 2.48. The van der Waals surface area contributed by atoms with Gasteiger partial charge in [-0.1, -0.05) is 38.7 Å². The molecule has 0 heterocycles. The normalized spacial score (nSPS) is 25.4. The van der Waals surface area contributed by atoms with Crippen molar-refractivity contribution < 1.29 is 4.79 Å². The summed E-state index contributed by atoms with van der Waals surface area (Å²) in [4.78, 5) is 11.6. The topological polar surface area (TPSA) is 41.1 Å². The molecule has 1 fully saturated rings. The first-order chi connectivity index (χ1) is 8.63. The lowest BCUT2D eigenvalue weighted by Crippen LogP contribution is -2.42. The van der Waals surface area contributed by atoms with E-state index in [2.05, 4.69) is 24.1 Å². The van der Waals surface area contributed by atoms with Crippen molar-refractivity contribution in [2.75, 3.05) is 13.1 Å². The van der Waals surface area contributed by atoms with Crippen LogP contribution in [-0.2, 0) is 4.79 Å². The van der Waals surface area contributed by atoms with E-state index in [-0.39, 0.29) is 11.9 Å². The molecule has 104 valence electrons.